The zero-order chi connectivity index (χ0) is 13.0. The Hall–Kier alpha value is 2.37. The van der Waals surface area contributed by atoms with E-state index in [2.05, 4.69) is 27.7 Å². The third-order valence-corrected chi connectivity index (χ3v) is 9.00. The van der Waals surface area contributed by atoms with E-state index in [0.717, 1.165) is 0 Å². The third-order valence-electron chi connectivity index (χ3n) is 3.94. The second-order valence-corrected chi connectivity index (χ2v) is 10.1. The Balaban J connectivity index is -0.000000427. The highest BCUT2D eigenvalue weighted by atomic mass is 127. The first-order chi connectivity index (χ1) is 8.24. The highest BCUT2D eigenvalue weighted by Gasteiger charge is 2.34. The van der Waals surface area contributed by atoms with Crippen molar-refractivity contribution in [1.82, 2.24) is 0 Å². The Morgan fingerprint density at radius 3 is 0.850 bits per heavy atom. The molecule has 0 aromatic heterocycles. The quantitative estimate of drug-likeness (QED) is 0.232. The minimum Gasteiger partial charge on any atom is -1.00 e. The van der Waals surface area contributed by atoms with Crippen LogP contribution in [0.2, 0.25) is 0 Å². The van der Waals surface area contributed by atoms with Gasteiger partial charge in [0.1, 0.15) is 0 Å². The average molecular weight is 594 g/mol. The molecule has 0 aliphatic heterocycles. The van der Waals surface area contributed by atoms with Crippen LogP contribution in [0.25, 0.3) is 0 Å². The van der Waals surface area contributed by atoms with Crippen LogP contribution >= 0.6 is 24.2 Å². The molecule has 0 aliphatic rings. The van der Waals surface area contributed by atoms with Gasteiger partial charge in [-0.25, -0.2) is 0 Å². The lowest BCUT2D eigenvalue weighted by molar-refractivity contribution is -0.001000. The van der Waals surface area contributed by atoms with E-state index in [1.807, 2.05) is 0 Å². The van der Waals surface area contributed by atoms with Gasteiger partial charge in [-0.15, -0.1) is 17.0 Å². The second-order valence-electron chi connectivity index (χ2n) is 5.65. The van der Waals surface area contributed by atoms with Crippen molar-refractivity contribution in [3.05, 3.63) is 0 Å². The highest BCUT2D eigenvalue weighted by Crippen LogP contribution is 2.61. The lowest BCUT2D eigenvalue weighted by Crippen LogP contribution is -3.00. The van der Waals surface area contributed by atoms with E-state index in [1.165, 1.54) is 51.4 Å². The molecule has 0 atom stereocenters. The van der Waals surface area contributed by atoms with E-state index < -0.39 is 7.26 Å². The molecule has 0 fully saturated rings. The molecule has 0 saturated heterocycles. The molecule has 0 aromatic rings. The molecule has 0 saturated carbocycles. The predicted molar refractivity (Wildman–Crippen MR) is 96.3 cm³/mol. The minimum atomic E-state index is -0.562. The summed E-state index contributed by atoms with van der Waals surface area (Å²) < 4.78 is 0. The fraction of sp³-hybridized carbons (Fsp3) is 1.00. The Kier molecular flexibility index (Phi) is 32.3. The SMILES string of the molecule is Br.CCCC[P+](CCCC)(CCCC)CCCC.[I-].[I-]. The molecule has 0 bridgehead atoms. The van der Waals surface area contributed by atoms with Crippen molar-refractivity contribution in [1.29, 1.82) is 0 Å². The van der Waals surface area contributed by atoms with Gasteiger partial charge < -0.3 is 48.0 Å². The first kappa shape index (κ1) is 30.3. The molecular weight excluding hydrogens is 557 g/mol. The monoisotopic (exact) mass is 593 g/mol. The molecule has 0 aromatic carbocycles. The second kappa shape index (κ2) is 21.4. The number of unbranched alkanes of at least 4 members (excludes halogenated alkanes) is 4. The zero-order valence-corrected chi connectivity index (χ0v) is 21.0. The molecule has 0 N–H and O–H groups in total. The van der Waals surface area contributed by atoms with Gasteiger partial charge >= 0.3 is 0 Å². The van der Waals surface area contributed by atoms with Gasteiger partial charge in [0.15, 0.2) is 0 Å². The molecule has 128 valence electrons. The standard InChI is InChI=1S/C16H36P.BrH.2HI/c1-5-9-13-17(14-10-6-2,15-11-7-3)16-12-8-4;;;/h5-16H2,1-4H3;3*1H/q+1;;;/p-2. The molecular formula is C16H37BrI2P-. The summed E-state index contributed by atoms with van der Waals surface area (Å²) >= 11 is 0. The van der Waals surface area contributed by atoms with Gasteiger partial charge in [-0.05, 0) is 25.7 Å². The molecule has 0 unspecified atom stereocenters. The van der Waals surface area contributed by atoms with Crippen LogP contribution < -0.4 is 48.0 Å². The van der Waals surface area contributed by atoms with E-state index in [1.54, 1.807) is 24.6 Å². The molecule has 4 heteroatoms. The van der Waals surface area contributed by atoms with E-state index >= 15 is 0 Å². The van der Waals surface area contributed by atoms with Crippen LogP contribution in [-0.4, -0.2) is 24.6 Å². The molecule has 0 rings (SSSR count). The molecule has 0 aliphatic carbocycles. The van der Waals surface area contributed by atoms with Crippen molar-refractivity contribution in [3.63, 3.8) is 0 Å². The van der Waals surface area contributed by atoms with Gasteiger partial charge in [-0.3, -0.25) is 0 Å². The lowest BCUT2D eigenvalue weighted by Gasteiger charge is -2.28. The highest BCUT2D eigenvalue weighted by molar-refractivity contribution is 8.93. The van der Waals surface area contributed by atoms with E-state index in [4.69, 9.17) is 0 Å². The van der Waals surface area contributed by atoms with Crippen LogP contribution in [0.1, 0.15) is 79.1 Å². The van der Waals surface area contributed by atoms with Crippen LogP contribution in [-0.2, 0) is 0 Å². The smallest absolute Gasteiger partial charge is 0.0594 e. The first-order valence-electron chi connectivity index (χ1n) is 8.09. The maximum atomic E-state index is 2.36. The number of halogens is 3. The van der Waals surface area contributed by atoms with Crippen molar-refractivity contribution >= 4 is 24.2 Å². The summed E-state index contributed by atoms with van der Waals surface area (Å²) in [4.78, 5) is 0. The van der Waals surface area contributed by atoms with Crippen LogP contribution in [0.5, 0.6) is 0 Å². The Morgan fingerprint density at radius 2 is 0.700 bits per heavy atom. The average Bonchev–Trinajstić information content (AvgIpc) is 2.37. The summed E-state index contributed by atoms with van der Waals surface area (Å²) in [5.41, 5.74) is 0. The normalized spacial score (nSPS) is 10.2. The summed E-state index contributed by atoms with van der Waals surface area (Å²) in [7, 11) is -0.562. The van der Waals surface area contributed by atoms with Crippen LogP contribution in [0.4, 0.5) is 0 Å². The number of hydrogen-bond donors (Lipinski definition) is 0. The van der Waals surface area contributed by atoms with Gasteiger partial charge in [-0.2, -0.15) is 0 Å². The minimum absolute atomic E-state index is 0. The van der Waals surface area contributed by atoms with Crippen LogP contribution in [0, 0.1) is 0 Å². The Morgan fingerprint density at radius 1 is 0.500 bits per heavy atom. The van der Waals surface area contributed by atoms with Gasteiger partial charge in [0.2, 0.25) is 0 Å². The van der Waals surface area contributed by atoms with E-state index in [0.29, 0.717) is 0 Å². The molecule has 0 amide bonds. The van der Waals surface area contributed by atoms with Crippen molar-refractivity contribution < 1.29 is 48.0 Å². The molecule has 20 heavy (non-hydrogen) atoms. The number of hydrogen-bond acceptors (Lipinski definition) is 0. The van der Waals surface area contributed by atoms with Crippen LogP contribution in [0.3, 0.4) is 0 Å². The summed E-state index contributed by atoms with van der Waals surface area (Å²) in [6, 6.07) is 0. The third kappa shape index (κ3) is 15.3. The van der Waals surface area contributed by atoms with Crippen molar-refractivity contribution in [2.75, 3.05) is 24.6 Å². The topological polar surface area (TPSA) is 0 Å². The first-order valence-corrected chi connectivity index (χ1v) is 10.6. The Bertz CT molecular complexity index is 131. The fourth-order valence-electron chi connectivity index (χ4n) is 2.64. The van der Waals surface area contributed by atoms with Crippen molar-refractivity contribution in [2.24, 2.45) is 0 Å². The molecule has 0 spiro atoms. The largest absolute Gasteiger partial charge is 1.00 e. The lowest BCUT2D eigenvalue weighted by atomic mass is 10.4. The molecule has 0 nitrogen and oxygen atoms in total. The van der Waals surface area contributed by atoms with Crippen LogP contribution in [0.15, 0.2) is 0 Å². The summed E-state index contributed by atoms with van der Waals surface area (Å²) in [5, 5.41) is 0. The van der Waals surface area contributed by atoms with Gasteiger partial charge in [-0.1, -0.05) is 53.4 Å². The summed E-state index contributed by atoms with van der Waals surface area (Å²) in [5.74, 6) is 0. The van der Waals surface area contributed by atoms with E-state index in [9.17, 15) is 0 Å². The van der Waals surface area contributed by atoms with Crippen molar-refractivity contribution in [2.45, 2.75) is 79.1 Å². The van der Waals surface area contributed by atoms with Crippen molar-refractivity contribution in [3.8, 4) is 0 Å². The van der Waals surface area contributed by atoms with Gasteiger partial charge in [0, 0.05) is 7.26 Å². The zero-order valence-electron chi connectivity index (χ0n) is 14.1. The van der Waals surface area contributed by atoms with Gasteiger partial charge in [0.05, 0.1) is 24.6 Å². The molecule has 0 radical (unpaired) electrons. The summed E-state index contributed by atoms with van der Waals surface area (Å²) in [6.45, 7) is 9.42. The summed E-state index contributed by atoms with van der Waals surface area (Å²) in [6.07, 6.45) is 17.9. The van der Waals surface area contributed by atoms with E-state index in [-0.39, 0.29) is 64.9 Å². The number of rotatable bonds is 12. The Labute approximate surface area is 174 Å². The molecule has 0 heterocycles. The maximum Gasteiger partial charge on any atom is 0.0594 e. The maximum absolute atomic E-state index is 2.36. The fourth-order valence-corrected chi connectivity index (χ4v) is 7.93. The predicted octanol–water partition coefficient (Wildman–Crippen LogP) is 0.790. The van der Waals surface area contributed by atoms with Gasteiger partial charge in [0.25, 0.3) is 0 Å².